The fourth-order valence-corrected chi connectivity index (χ4v) is 5.93. The van der Waals surface area contributed by atoms with E-state index in [9.17, 15) is 4.79 Å². The fraction of sp³-hybridized carbons (Fsp3) is 0.189. The van der Waals surface area contributed by atoms with Gasteiger partial charge in [0, 0.05) is 17.3 Å². The highest BCUT2D eigenvalue weighted by atomic mass is 32.1. The van der Waals surface area contributed by atoms with Crippen LogP contribution in [0.2, 0.25) is 0 Å². The zero-order valence-electron chi connectivity index (χ0n) is 26.6. The predicted molar refractivity (Wildman–Crippen MR) is 188 cm³/mol. The molecule has 0 aliphatic carbocycles. The van der Waals surface area contributed by atoms with Crippen molar-refractivity contribution in [2.24, 2.45) is 0 Å². The first-order chi connectivity index (χ1) is 23.0. The van der Waals surface area contributed by atoms with E-state index in [0.717, 1.165) is 52.2 Å². The lowest BCUT2D eigenvalue weighted by Crippen LogP contribution is -2.23. The van der Waals surface area contributed by atoms with E-state index < -0.39 is 0 Å². The van der Waals surface area contributed by atoms with Crippen molar-refractivity contribution in [3.8, 4) is 34.2 Å². The summed E-state index contributed by atoms with van der Waals surface area (Å²) in [6.45, 7) is 8.93. The van der Waals surface area contributed by atoms with Crippen LogP contribution in [-0.2, 0) is 0 Å². The van der Waals surface area contributed by atoms with Crippen molar-refractivity contribution < 1.29 is 14.2 Å². The van der Waals surface area contributed by atoms with Crippen LogP contribution in [0.5, 0.6) is 17.2 Å². The van der Waals surface area contributed by atoms with Crippen molar-refractivity contribution in [2.45, 2.75) is 26.7 Å². The van der Waals surface area contributed by atoms with Crippen LogP contribution >= 0.6 is 11.3 Å². The number of fused-ring (bicyclic) bond motifs is 1. The van der Waals surface area contributed by atoms with Gasteiger partial charge in [0.1, 0.15) is 18.1 Å². The highest BCUT2D eigenvalue weighted by Crippen LogP contribution is 2.31. The third-order valence-electron chi connectivity index (χ3n) is 7.44. The quantitative estimate of drug-likeness (QED) is 0.101. The molecule has 0 amide bonds. The Morgan fingerprint density at radius 3 is 2.57 bits per heavy atom. The van der Waals surface area contributed by atoms with Crippen LogP contribution < -0.4 is 24.3 Å². The van der Waals surface area contributed by atoms with Crippen molar-refractivity contribution in [2.75, 3.05) is 20.3 Å². The minimum atomic E-state index is -0.240. The number of benzene rings is 3. The zero-order valence-corrected chi connectivity index (χ0v) is 27.4. The molecule has 3 aromatic heterocycles. The van der Waals surface area contributed by atoms with Gasteiger partial charge in [0.05, 0.1) is 23.9 Å². The van der Waals surface area contributed by atoms with Gasteiger partial charge in [-0.3, -0.25) is 4.79 Å². The first kappa shape index (κ1) is 31.5. The minimum absolute atomic E-state index is 0.240. The molecular formula is C37H35N5O4S. The van der Waals surface area contributed by atoms with Gasteiger partial charge in [0.25, 0.3) is 5.56 Å². The van der Waals surface area contributed by atoms with Crippen LogP contribution in [-0.4, -0.2) is 44.7 Å². The summed E-state index contributed by atoms with van der Waals surface area (Å²) in [6.07, 6.45) is 11.2. The van der Waals surface area contributed by atoms with Crippen molar-refractivity contribution in [1.29, 1.82) is 0 Å². The van der Waals surface area contributed by atoms with Gasteiger partial charge in [0.15, 0.2) is 17.3 Å². The van der Waals surface area contributed by atoms with Gasteiger partial charge in [0.2, 0.25) is 4.96 Å². The molecule has 238 valence electrons. The van der Waals surface area contributed by atoms with Crippen LogP contribution in [0, 0.1) is 6.92 Å². The predicted octanol–water partition coefficient (Wildman–Crippen LogP) is 6.78. The summed E-state index contributed by atoms with van der Waals surface area (Å²) >= 11 is 1.29. The standard InChI is InChI=1S/C37H35N5O4S/c1-5-7-20-46-31-17-13-26(22-32(31)44-4)14-18-34-38-37-42(39-34)36(43)33(47-37)23-27-24-41(28-11-9-8-10-12-28)40-35(27)30-16-15-29(21-25(30)3)45-19-6-2/h6,8-18,21-24H,2,5,7,19-20H2,1,3-4H3/b18-14+,33-23-. The van der Waals surface area contributed by atoms with Gasteiger partial charge >= 0.3 is 0 Å². The first-order valence-electron chi connectivity index (χ1n) is 15.4. The normalized spacial score (nSPS) is 11.9. The second-order valence-corrected chi connectivity index (χ2v) is 11.8. The number of para-hydroxylation sites is 1. The van der Waals surface area contributed by atoms with Crippen molar-refractivity contribution >= 4 is 34.5 Å². The van der Waals surface area contributed by atoms with Gasteiger partial charge in [-0.25, -0.2) is 4.68 Å². The molecule has 0 aliphatic rings. The molecular weight excluding hydrogens is 611 g/mol. The van der Waals surface area contributed by atoms with Crippen LogP contribution in [0.4, 0.5) is 0 Å². The Hall–Kier alpha value is -5.48. The fourth-order valence-electron chi connectivity index (χ4n) is 5.03. The number of nitrogens with zero attached hydrogens (tertiary/aromatic N) is 5. The molecule has 47 heavy (non-hydrogen) atoms. The van der Waals surface area contributed by atoms with Crippen molar-refractivity contribution in [3.63, 3.8) is 0 Å². The van der Waals surface area contributed by atoms with E-state index in [1.165, 1.54) is 15.9 Å². The number of aryl methyl sites for hydroxylation is 1. The van der Waals surface area contributed by atoms with E-state index in [2.05, 4.69) is 23.6 Å². The number of rotatable bonds is 13. The summed E-state index contributed by atoms with van der Waals surface area (Å²) in [5, 5.41) is 9.42. The number of hydrogen-bond donors (Lipinski definition) is 0. The second kappa shape index (κ2) is 14.3. The third kappa shape index (κ3) is 7.02. The summed E-state index contributed by atoms with van der Waals surface area (Å²) in [7, 11) is 1.62. The smallest absolute Gasteiger partial charge is 0.291 e. The summed E-state index contributed by atoms with van der Waals surface area (Å²) in [5.41, 5.74) is 5.06. The number of ether oxygens (including phenoxy) is 3. The molecule has 3 heterocycles. The lowest BCUT2D eigenvalue weighted by molar-refractivity contribution is 0.288. The number of methoxy groups -OCH3 is 1. The lowest BCUT2D eigenvalue weighted by Gasteiger charge is -2.10. The summed E-state index contributed by atoms with van der Waals surface area (Å²) in [6, 6.07) is 21.5. The van der Waals surface area contributed by atoms with Crippen molar-refractivity contribution in [3.05, 3.63) is 123 Å². The molecule has 0 N–H and O–H groups in total. The maximum Gasteiger partial charge on any atom is 0.291 e. The monoisotopic (exact) mass is 645 g/mol. The Bertz CT molecular complexity index is 2160. The van der Waals surface area contributed by atoms with Crippen LogP contribution in [0.15, 0.2) is 90.4 Å². The van der Waals surface area contributed by atoms with Gasteiger partial charge in [-0.1, -0.05) is 67.7 Å². The molecule has 0 radical (unpaired) electrons. The summed E-state index contributed by atoms with van der Waals surface area (Å²) < 4.78 is 20.8. The molecule has 0 atom stereocenters. The SMILES string of the molecule is C=CCOc1ccc(-c2nn(-c3ccccc3)cc2/C=c2\sc3nc(/C=C/c4ccc(OCCCC)c(OC)c4)nn3c2=O)c(C)c1. The molecule has 0 fully saturated rings. The van der Waals surface area contributed by atoms with Gasteiger partial charge in [-0.2, -0.15) is 14.6 Å². The van der Waals surface area contributed by atoms with Gasteiger partial charge in [-0.05, 0) is 79.1 Å². The first-order valence-corrected chi connectivity index (χ1v) is 16.2. The number of unbranched alkanes of at least 4 members (excludes halogenated alkanes) is 1. The van der Waals surface area contributed by atoms with E-state index in [-0.39, 0.29) is 5.56 Å². The van der Waals surface area contributed by atoms with Crippen LogP contribution in [0.25, 0.3) is 40.1 Å². The minimum Gasteiger partial charge on any atom is -0.493 e. The molecule has 9 nitrogen and oxygen atoms in total. The van der Waals surface area contributed by atoms with Crippen molar-refractivity contribution in [1.82, 2.24) is 24.4 Å². The molecule has 0 spiro atoms. The summed E-state index contributed by atoms with van der Waals surface area (Å²) in [5.74, 6) is 2.56. The molecule has 10 heteroatoms. The molecule has 0 unspecified atom stereocenters. The molecule has 0 aliphatic heterocycles. The maximum absolute atomic E-state index is 13.5. The Morgan fingerprint density at radius 1 is 0.979 bits per heavy atom. The number of thiazole rings is 1. The van der Waals surface area contributed by atoms with E-state index >= 15 is 0 Å². The van der Waals surface area contributed by atoms with Crippen LogP contribution in [0.3, 0.4) is 0 Å². The van der Waals surface area contributed by atoms with E-state index in [1.54, 1.807) is 19.3 Å². The maximum atomic E-state index is 13.5. The molecule has 6 rings (SSSR count). The number of hydrogen-bond acceptors (Lipinski definition) is 8. The molecule has 0 saturated heterocycles. The molecule has 0 bridgehead atoms. The molecule has 3 aromatic carbocycles. The van der Waals surface area contributed by atoms with E-state index in [1.807, 2.05) is 96.7 Å². The number of aromatic nitrogens is 5. The Balaban J connectivity index is 1.32. The average molecular weight is 646 g/mol. The third-order valence-corrected chi connectivity index (χ3v) is 8.40. The second-order valence-electron chi connectivity index (χ2n) is 10.8. The Morgan fingerprint density at radius 2 is 1.83 bits per heavy atom. The van der Waals surface area contributed by atoms with Gasteiger partial charge < -0.3 is 14.2 Å². The Labute approximate surface area is 276 Å². The summed E-state index contributed by atoms with van der Waals surface area (Å²) in [4.78, 5) is 18.6. The topological polar surface area (TPSA) is 92.8 Å². The van der Waals surface area contributed by atoms with E-state index in [4.69, 9.17) is 19.3 Å². The largest absolute Gasteiger partial charge is 0.493 e. The Kier molecular flexibility index (Phi) is 9.59. The lowest BCUT2D eigenvalue weighted by atomic mass is 10.0. The van der Waals surface area contributed by atoms with Crippen LogP contribution in [0.1, 0.15) is 42.3 Å². The van der Waals surface area contributed by atoms with E-state index in [0.29, 0.717) is 40.0 Å². The van der Waals surface area contributed by atoms with Gasteiger partial charge in [-0.15, -0.1) is 5.10 Å². The molecule has 6 aromatic rings. The highest BCUT2D eigenvalue weighted by Gasteiger charge is 2.16. The molecule has 0 saturated carbocycles. The zero-order chi connectivity index (χ0) is 32.8. The average Bonchev–Trinajstić information content (AvgIpc) is 3.78. The highest BCUT2D eigenvalue weighted by molar-refractivity contribution is 7.15.